The van der Waals surface area contributed by atoms with Crippen LogP contribution in [0.15, 0.2) is 98.1 Å². The SMILES string of the molecule is [Fe].c1cc[nH]c1.c1cc[nH]c1.c1cc[nH]c1.c1cc[nH]c1. The molecule has 4 nitrogen and oxygen atoms in total. The van der Waals surface area contributed by atoms with Crippen LogP contribution in [0.25, 0.3) is 0 Å². The quantitative estimate of drug-likeness (QED) is 0.353. The monoisotopic (exact) mass is 324 g/mol. The Hall–Kier alpha value is -2.36. The van der Waals surface area contributed by atoms with E-state index < -0.39 is 0 Å². The number of hydrogen-bond acceptors (Lipinski definition) is 0. The molecule has 0 unspecified atom stereocenters. The van der Waals surface area contributed by atoms with Crippen molar-refractivity contribution in [3.05, 3.63) is 98.1 Å². The first-order valence-corrected chi connectivity index (χ1v) is 6.31. The van der Waals surface area contributed by atoms with E-state index in [1.165, 1.54) is 0 Å². The van der Waals surface area contributed by atoms with Crippen molar-refractivity contribution in [3.63, 3.8) is 0 Å². The van der Waals surface area contributed by atoms with Crippen molar-refractivity contribution >= 4 is 0 Å². The maximum Gasteiger partial charge on any atom is 0.000496 e. The molecule has 0 aromatic carbocycles. The molecule has 0 aliphatic heterocycles. The number of hydrogen-bond donors (Lipinski definition) is 4. The smallest absolute Gasteiger partial charge is 0.000496 e. The van der Waals surface area contributed by atoms with Gasteiger partial charge in [-0.15, -0.1) is 0 Å². The van der Waals surface area contributed by atoms with Crippen LogP contribution in [0.1, 0.15) is 0 Å². The van der Waals surface area contributed by atoms with Crippen LogP contribution >= 0.6 is 0 Å². The number of aromatic amines is 4. The first-order chi connectivity index (χ1) is 10.0. The van der Waals surface area contributed by atoms with Gasteiger partial charge in [-0.2, -0.15) is 0 Å². The second-order valence-corrected chi connectivity index (χ2v) is 3.54. The number of aromatic nitrogens is 4. The summed E-state index contributed by atoms with van der Waals surface area (Å²) in [5.74, 6) is 0. The van der Waals surface area contributed by atoms with Crippen LogP contribution in [-0.2, 0) is 17.1 Å². The zero-order valence-corrected chi connectivity index (χ0v) is 12.7. The summed E-state index contributed by atoms with van der Waals surface area (Å²) in [7, 11) is 0. The Morgan fingerprint density at radius 2 is 0.429 bits per heavy atom. The van der Waals surface area contributed by atoms with Crippen LogP contribution in [-0.4, -0.2) is 19.9 Å². The van der Waals surface area contributed by atoms with Crippen LogP contribution in [0.4, 0.5) is 0 Å². The minimum absolute atomic E-state index is 0. The molecule has 21 heavy (non-hydrogen) atoms. The average molecular weight is 324 g/mol. The van der Waals surface area contributed by atoms with E-state index in [2.05, 4.69) is 19.9 Å². The molecular formula is C16H20FeN4. The van der Waals surface area contributed by atoms with Crippen molar-refractivity contribution < 1.29 is 17.1 Å². The second kappa shape index (κ2) is 15.7. The van der Waals surface area contributed by atoms with Gasteiger partial charge in [-0.05, 0) is 48.5 Å². The fraction of sp³-hybridized carbons (Fsp3) is 0. The maximum absolute atomic E-state index is 2.86. The van der Waals surface area contributed by atoms with Gasteiger partial charge in [-0.1, -0.05) is 0 Å². The van der Waals surface area contributed by atoms with Gasteiger partial charge in [0.1, 0.15) is 0 Å². The Labute approximate surface area is 135 Å². The van der Waals surface area contributed by atoms with Gasteiger partial charge in [0.2, 0.25) is 0 Å². The van der Waals surface area contributed by atoms with E-state index in [0.29, 0.717) is 0 Å². The van der Waals surface area contributed by atoms with Crippen molar-refractivity contribution in [1.29, 1.82) is 0 Å². The second-order valence-electron chi connectivity index (χ2n) is 3.54. The van der Waals surface area contributed by atoms with Crippen LogP contribution in [0, 0.1) is 0 Å². The Morgan fingerprint density at radius 3 is 0.476 bits per heavy atom. The Kier molecular flexibility index (Phi) is 13.9. The molecule has 0 aliphatic carbocycles. The minimum Gasteiger partial charge on any atom is -0.368 e. The van der Waals surface area contributed by atoms with Crippen LogP contribution < -0.4 is 0 Å². The molecule has 5 heteroatoms. The normalized spacial score (nSPS) is 7.62. The molecule has 4 heterocycles. The largest absolute Gasteiger partial charge is 0.368 e. The fourth-order valence-corrected chi connectivity index (χ4v) is 1.11. The van der Waals surface area contributed by atoms with Crippen molar-refractivity contribution in [2.24, 2.45) is 0 Å². The summed E-state index contributed by atoms with van der Waals surface area (Å²) in [5.41, 5.74) is 0. The molecule has 0 aliphatic rings. The van der Waals surface area contributed by atoms with E-state index in [-0.39, 0.29) is 17.1 Å². The third-order valence-electron chi connectivity index (χ3n) is 1.98. The van der Waals surface area contributed by atoms with Crippen molar-refractivity contribution in [3.8, 4) is 0 Å². The van der Waals surface area contributed by atoms with E-state index in [1.54, 1.807) is 0 Å². The zero-order valence-electron chi connectivity index (χ0n) is 11.6. The third-order valence-corrected chi connectivity index (χ3v) is 1.98. The molecular weight excluding hydrogens is 304 g/mol. The van der Waals surface area contributed by atoms with E-state index in [1.807, 2.05) is 98.1 Å². The molecule has 4 aromatic heterocycles. The van der Waals surface area contributed by atoms with E-state index in [0.717, 1.165) is 0 Å². The van der Waals surface area contributed by atoms with Gasteiger partial charge >= 0.3 is 0 Å². The Bertz CT molecular complexity index is 351. The molecule has 0 radical (unpaired) electrons. The molecule has 4 aromatic rings. The van der Waals surface area contributed by atoms with Crippen molar-refractivity contribution in [2.45, 2.75) is 0 Å². The fourth-order valence-electron chi connectivity index (χ4n) is 1.11. The number of nitrogens with one attached hydrogen (secondary N) is 4. The van der Waals surface area contributed by atoms with Gasteiger partial charge in [0.15, 0.2) is 0 Å². The van der Waals surface area contributed by atoms with Gasteiger partial charge in [0.25, 0.3) is 0 Å². The molecule has 0 amide bonds. The maximum atomic E-state index is 2.86. The summed E-state index contributed by atoms with van der Waals surface area (Å²) in [6.45, 7) is 0. The van der Waals surface area contributed by atoms with Gasteiger partial charge in [0.05, 0.1) is 0 Å². The van der Waals surface area contributed by atoms with Gasteiger partial charge in [-0.25, -0.2) is 0 Å². The standard InChI is InChI=1S/4C4H5N.Fe/c4*1-2-4-5-3-1;/h4*1-5H;. The predicted octanol–water partition coefficient (Wildman–Crippen LogP) is 4.06. The topological polar surface area (TPSA) is 63.2 Å². The molecule has 4 N–H and O–H groups in total. The summed E-state index contributed by atoms with van der Waals surface area (Å²) in [4.78, 5) is 11.4. The molecule has 0 spiro atoms. The molecule has 0 fully saturated rings. The Morgan fingerprint density at radius 1 is 0.286 bits per heavy atom. The number of rotatable bonds is 0. The molecule has 0 saturated carbocycles. The van der Waals surface area contributed by atoms with Crippen LogP contribution in [0.2, 0.25) is 0 Å². The summed E-state index contributed by atoms with van der Waals surface area (Å²) in [5, 5.41) is 0. The molecule has 112 valence electrons. The minimum atomic E-state index is 0. The van der Waals surface area contributed by atoms with Crippen molar-refractivity contribution in [1.82, 2.24) is 19.9 Å². The summed E-state index contributed by atoms with van der Waals surface area (Å²) in [6.07, 6.45) is 15.0. The Balaban J connectivity index is 0.000000250. The first-order valence-electron chi connectivity index (χ1n) is 6.31. The summed E-state index contributed by atoms with van der Waals surface area (Å²) in [6, 6.07) is 15.6. The summed E-state index contributed by atoms with van der Waals surface area (Å²) < 4.78 is 0. The van der Waals surface area contributed by atoms with Crippen LogP contribution in [0.5, 0.6) is 0 Å². The van der Waals surface area contributed by atoms with E-state index >= 15 is 0 Å². The first kappa shape index (κ1) is 18.6. The molecule has 0 saturated heterocycles. The number of H-pyrrole nitrogens is 4. The molecule has 4 rings (SSSR count). The molecule has 0 bridgehead atoms. The van der Waals surface area contributed by atoms with Gasteiger partial charge < -0.3 is 19.9 Å². The predicted molar refractivity (Wildman–Crippen MR) is 83.2 cm³/mol. The van der Waals surface area contributed by atoms with Gasteiger partial charge in [-0.3, -0.25) is 0 Å². The molecule has 0 atom stereocenters. The average Bonchev–Trinajstić information content (AvgIpc) is 3.40. The van der Waals surface area contributed by atoms with Gasteiger partial charge in [0, 0.05) is 66.6 Å². The van der Waals surface area contributed by atoms with Crippen LogP contribution in [0.3, 0.4) is 0 Å². The van der Waals surface area contributed by atoms with Crippen molar-refractivity contribution in [2.75, 3.05) is 0 Å². The zero-order chi connectivity index (χ0) is 14.1. The summed E-state index contributed by atoms with van der Waals surface area (Å²) >= 11 is 0. The van der Waals surface area contributed by atoms with E-state index in [9.17, 15) is 0 Å². The third kappa shape index (κ3) is 13.9. The van der Waals surface area contributed by atoms with E-state index in [4.69, 9.17) is 0 Å².